The van der Waals surface area contributed by atoms with E-state index in [9.17, 15) is 13.2 Å². The summed E-state index contributed by atoms with van der Waals surface area (Å²) < 4.78 is 38.5. The molecule has 2 unspecified atom stereocenters. The lowest BCUT2D eigenvalue weighted by Crippen LogP contribution is -2.19. The average molecular weight is 293 g/mol. The number of hydrogen-bond acceptors (Lipinski definition) is 3. The topological polar surface area (TPSA) is 46.2 Å². The molecule has 6 heteroatoms. The van der Waals surface area contributed by atoms with Gasteiger partial charge in [-0.05, 0) is 23.3 Å². The van der Waals surface area contributed by atoms with Crippen LogP contribution in [0.15, 0.2) is 24.3 Å². The molecule has 0 spiro atoms. The highest BCUT2D eigenvalue weighted by Gasteiger charge is 2.34. The van der Waals surface area contributed by atoms with Gasteiger partial charge in [0, 0.05) is 18.4 Å². The Labute approximate surface area is 115 Å². The number of hydrogen-bond donors (Lipinski definition) is 2. The highest BCUT2D eigenvalue weighted by Crippen LogP contribution is 2.34. The van der Waals surface area contributed by atoms with Crippen LogP contribution in [0.25, 0.3) is 0 Å². The van der Waals surface area contributed by atoms with Gasteiger partial charge in [0.1, 0.15) is 0 Å². The zero-order valence-corrected chi connectivity index (χ0v) is 11.5. The van der Waals surface area contributed by atoms with E-state index in [1.807, 2.05) is 6.92 Å². The molecule has 108 valence electrons. The van der Waals surface area contributed by atoms with E-state index in [1.54, 1.807) is 6.07 Å². The smallest absolute Gasteiger partial charge is 0.396 e. The molecular weight excluding hydrogens is 275 g/mol. The minimum atomic E-state index is -4.38. The van der Waals surface area contributed by atoms with E-state index < -0.39 is 17.8 Å². The summed E-state index contributed by atoms with van der Waals surface area (Å²) in [5.74, 6) is 1.20. The maximum Gasteiger partial charge on any atom is 0.416 e. The number of rotatable bonds is 6. The summed E-state index contributed by atoms with van der Waals surface area (Å²) in [6, 6.07) is 4.74. The molecule has 0 amide bonds. The quantitative estimate of drug-likeness (QED) is 0.847. The summed E-state index contributed by atoms with van der Waals surface area (Å²) in [6.45, 7) is 1.95. The highest BCUT2D eigenvalue weighted by atomic mass is 32.2. The van der Waals surface area contributed by atoms with E-state index in [2.05, 4.69) is 0 Å². The molecule has 1 aromatic carbocycles. The first kappa shape index (κ1) is 16.3. The summed E-state index contributed by atoms with van der Waals surface area (Å²) in [6.07, 6.45) is -4.38. The number of halogens is 3. The van der Waals surface area contributed by atoms with Crippen molar-refractivity contribution in [3.05, 3.63) is 35.4 Å². The van der Waals surface area contributed by atoms with Gasteiger partial charge >= 0.3 is 6.18 Å². The Kier molecular flexibility index (Phi) is 6.16. The first-order chi connectivity index (χ1) is 8.86. The summed E-state index contributed by atoms with van der Waals surface area (Å²) in [4.78, 5) is 0. The molecule has 2 nitrogen and oxygen atoms in total. The number of aliphatic hydroxyl groups excluding tert-OH is 1. The van der Waals surface area contributed by atoms with Crippen LogP contribution in [0.5, 0.6) is 0 Å². The van der Waals surface area contributed by atoms with Crippen LogP contribution < -0.4 is 5.73 Å². The van der Waals surface area contributed by atoms with Gasteiger partial charge in [-0.3, -0.25) is 0 Å². The van der Waals surface area contributed by atoms with Crippen molar-refractivity contribution in [2.24, 2.45) is 11.7 Å². The summed E-state index contributed by atoms with van der Waals surface area (Å²) in [7, 11) is 0. The number of aliphatic hydroxyl groups is 1. The Balaban J connectivity index is 2.69. The van der Waals surface area contributed by atoms with Crippen molar-refractivity contribution >= 4 is 11.8 Å². The summed E-state index contributed by atoms with van der Waals surface area (Å²) in [5.41, 5.74) is 5.29. The van der Waals surface area contributed by atoms with Gasteiger partial charge in [0.15, 0.2) is 0 Å². The Morgan fingerprint density at radius 1 is 1.26 bits per heavy atom. The van der Waals surface area contributed by atoms with Crippen molar-refractivity contribution < 1.29 is 18.3 Å². The van der Waals surface area contributed by atoms with E-state index in [0.717, 1.165) is 6.07 Å². The molecular formula is C13H18F3NOS. The lowest BCUT2D eigenvalue weighted by molar-refractivity contribution is -0.138. The molecule has 1 rings (SSSR count). The predicted molar refractivity (Wildman–Crippen MR) is 71.9 cm³/mol. The molecule has 1 aromatic rings. The molecule has 0 fully saturated rings. The first-order valence-corrected chi connectivity index (χ1v) is 7.12. The molecule has 0 aliphatic rings. The fraction of sp³-hybridized carbons (Fsp3) is 0.538. The third kappa shape index (κ3) is 5.04. The Morgan fingerprint density at radius 2 is 1.89 bits per heavy atom. The van der Waals surface area contributed by atoms with E-state index in [0.29, 0.717) is 11.5 Å². The minimum absolute atomic E-state index is 0.0708. The number of thioether (sulfide) groups is 1. The normalized spacial score (nSPS) is 15.3. The van der Waals surface area contributed by atoms with Crippen LogP contribution in [0.1, 0.15) is 24.1 Å². The summed E-state index contributed by atoms with van der Waals surface area (Å²) >= 11 is 1.46. The van der Waals surface area contributed by atoms with E-state index in [1.165, 1.54) is 23.9 Å². The molecule has 0 saturated heterocycles. The first-order valence-electron chi connectivity index (χ1n) is 5.96. The highest BCUT2D eigenvalue weighted by molar-refractivity contribution is 7.99. The largest absolute Gasteiger partial charge is 0.416 e. The molecule has 0 radical (unpaired) electrons. The van der Waals surface area contributed by atoms with Gasteiger partial charge in [-0.2, -0.15) is 24.9 Å². The van der Waals surface area contributed by atoms with Crippen molar-refractivity contribution in [1.82, 2.24) is 0 Å². The zero-order valence-electron chi connectivity index (χ0n) is 10.7. The van der Waals surface area contributed by atoms with E-state index in [4.69, 9.17) is 10.8 Å². The van der Waals surface area contributed by atoms with Gasteiger partial charge in [-0.15, -0.1) is 0 Å². The van der Waals surface area contributed by atoms with E-state index >= 15 is 0 Å². The average Bonchev–Trinajstić information content (AvgIpc) is 2.37. The molecule has 0 aromatic heterocycles. The van der Waals surface area contributed by atoms with Crippen molar-refractivity contribution in [2.45, 2.75) is 19.1 Å². The predicted octanol–water partition coefficient (Wildman–Crippen LogP) is 3.07. The standard InChI is InChI=1S/C13H18F3NOS/c1-9(6-18)7-19-8-12(17)10-4-2-3-5-11(10)13(14,15)16/h2-5,9,12,18H,6-8,17H2,1H3. The van der Waals surface area contributed by atoms with Crippen LogP contribution in [-0.2, 0) is 6.18 Å². The third-order valence-corrected chi connectivity index (χ3v) is 4.08. The van der Waals surface area contributed by atoms with Gasteiger partial charge in [0.2, 0.25) is 0 Å². The minimum Gasteiger partial charge on any atom is -0.396 e. The van der Waals surface area contributed by atoms with Crippen LogP contribution in [0, 0.1) is 5.92 Å². The second-order valence-corrected chi connectivity index (χ2v) is 5.59. The maximum absolute atomic E-state index is 12.8. The SMILES string of the molecule is CC(CO)CSCC(N)c1ccccc1C(F)(F)F. The Bertz CT molecular complexity index is 398. The van der Waals surface area contributed by atoms with Gasteiger partial charge in [-0.25, -0.2) is 0 Å². The molecule has 19 heavy (non-hydrogen) atoms. The third-order valence-electron chi connectivity index (χ3n) is 2.68. The van der Waals surface area contributed by atoms with Gasteiger partial charge in [-0.1, -0.05) is 25.1 Å². The van der Waals surface area contributed by atoms with Crippen LogP contribution in [-0.4, -0.2) is 23.2 Å². The van der Waals surface area contributed by atoms with Gasteiger partial charge < -0.3 is 10.8 Å². The van der Waals surface area contributed by atoms with Crippen molar-refractivity contribution in [1.29, 1.82) is 0 Å². The maximum atomic E-state index is 12.8. The lowest BCUT2D eigenvalue weighted by Gasteiger charge is -2.18. The summed E-state index contributed by atoms with van der Waals surface area (Å²) in [5, 5.41) is 8.87. The molecule has 0 aliphatic heterocycles. The van der Waals surface area contributed by atoms with E-state index in [-0.39, 0.29) is 18.1 Å². The molecule has 0 bridgehead atoms. The molecule has 3 N–H and O–H groups in total. The van der Waals surface area contributed by atoms with Crippen LogP contribution in [0.2, 0.25) is 0 Å². The van der Waals surface area contributed by atoms with Crippen molar-refractivity contribution in [2.75, 3.05) is 18.1 Å². The lowest BCUT2D eigenvalue weighted by atomic mass is 10.0. The van der Waals surface area contributed by atoms with Crippen LogP contribution in [0.4, 0.5) is 13.2 Å². The Hall–Kier alpha value is -0.720. The molecule has 0 saturated carbocycles. The second-order valence-electron chi connectivity index (χ2n) is 4.52. The number of benzene rings is 1. The van der Waals surface area contributed by atoms with Gasteiger partial charge in [0.05, 0.1) is 5.56 Å². The van der Waals surface area contributed by atoms with Crippen molar-refractivity contribution in [3.8, 4) is 0 Å². The van der Waals surface area contributed by atoms with Crippen molar-refractivity contribution in [3.63, 3.8) is 0 Å². The monoisotopic (exact) mass is 293 g/mol. The zero-order chi connectivity index (χ0) is 14.5. The molecule has 0 aliphatic carbocycles. The Morgan fingerprint density at radius 3 is 2.47 bits per heavy atom. The number of alkyl halides is 3. The number of nitrogens with two attached hydrogens (primary N) is 1. The van der Waals surface area contributed by atoms with Gasteiger partial charge in [0.25, 0.3) is 0 Å². The fourth-order valence-corrected chi connectivity index (χ4v) is 2.69. The molecule has 2 atom stereocenters. The van der Waals surface area contributed by atoms with Crippen LogP contribution >= 0.6 is 11.8 Å². The fourth-order valence-electron chi connectivity index (χ4n) is 1.62. The molecule has 0 heterocycles. The van der Waals surface area contributed by atoms with Crippen LogP contribution in [0.3, 0.4) is 0 Å². The second kappa shape index (κ2) is 7.17.